The molecule has 0 bridgehead atoms. The van der Waals surface area contributed by atoms with Gasteiger partial charge < -0.3 is 4.74 Å². The Morgan fingerprint density at radius 1 is 1.32 bits per heavy atom. The van der Waals surface area contributed by atoms with Gasteiger partial charge in [0.25, 0.3) is 0 Å². The van der Waals surface area contributed by atoms with Crippen molar-refractivity contribution < 1.29 is 13.3 Å². The van der Waals surface area contributed by atoms with Gasteiger partial charge in [-0.25, -0.2) is 14.4 Å². The molecule has 0 radical (unpaired) electrons. The summed E-state index contributed by atoms with van der Waals surface area (Å²) < 4.78 is 30.3. The molecular weight excluding hydrogens is 267 g/mol. The standard InChI is InChI=1S/C13H13FN2O2S/c1-3-18-13-15-7-9(8-16-13)11-5-4-10(19(2)17)6-12(11)14/h4-8H,3H2,1-2H3. The predicted octanol–water partition coefficient (Wildman–Crippen LogP) is 2.42. The summed E-state index contributed by atoms with van der Waals surface area (Å²) in [7, 11) is -1.20. The lowest BCUT2D eigenvalue weighted by molar-refractivity contribution is 0.312. The molecule has 0 fully saturated rings. The van der Waals surface area contributed by atoms with E-state index >= 15 is 0 Å². The van der Waals surface area contributed by atoms with Crippen LogP contribution in [-0.4, -0.2) is 27.0 Å². The number of aromatic nitrogens is 2. The van der Waals surface area contributed by atoms with E-state index in [2.05, 4.69) is 9.97 Å². The third kappa shape index (κ3) is 3.14. The minimum Gasteiger partial charge on any atom is -0.464 e. The number of ether oxygens (including phenoxy) is 1. The Kier molecular flexibility index (Phi) is 4.21. The molecule has 1 heterocycles. The zero-order valence-corrected chi connectivity index (χ0v) is 11.4. The number of hydrogen-bond acceptors (Lipinski definition) is 4. The maximum absolute atomic E-state index is 13.9. The number of halogens is 1. The van der Waals surface area contributed by atoms with Crippen LogP contribution in [0.4, 0.5) is 4.39 Å². The smallest absolute Gasteiger partial charge is 0.316 e. The SMILES string of the molecule is CCOc1ncc(-c2ccc(S(C)=O)cc2F)cn1. The summed E-state index contributed by atoms with van der Waals surface area (Å²) in [6.45, 7) is 2.31. The Hall–Kier alpha value is -1.82. The molecule has 0 aliphatic rings. The van der Waals surface area contributed by atoms with Crippen molar-refractivity contribution in [3.05, 3.63) is 36.4 Å². The van der Waals surface area contributed by atoms with Gasteiger partial charge in [-0.3, -0.25) is 4.21 Å². The van der Waals surface area contributed by atoms with Crippen molar-refractivity contribution >= 4 is 10.8 Å². The Morgan fingerprint density at radius 3 is 2.53 bits per heavy atom. The average molecular weight is 280 g/mol. The summed E-state index contributed by atoms with van der Waals surface area (Å²) in [6.07, 6.45) is 4.51. The largest absolute Gasteiger partial charge is 0.464 e. The summed E-state index contributed by atoms with van der Waals surface area (Å²) in [5.74, 6) is -0.444. The zero-order chi connectivity index (χ0) is 13.8. The molecule has 19 heavy (non-hydrogen) atoms. The first kappa shape index (κ1) is 13.6. The van der Waals surface area contributed by atoms with Gasteiger partial charge in [0.15, 0.2) is 0 Å². The second-order valence-electron chi connectivity index (χ2n) is 3.78. The van der Waals surface area contributed by atoms with Crippen molar-refractivity contribution in [3.8, 4) is 17.1 Å². The summed E-state index contributed by atoms with van der Waals surface area (Å²) >= 11 is 0. The van der Waals surface area contributed by atoms with E-state index in [4.69, 9.17) is 4.74 Å². The molecule has 2 aromatic rings. The Morgan fingerprint density at radius 2 is 2.00 bits per heavy atom. The van der Waals surface area contributed by atoms with E-state index in [0.717, 1.165) is 0 Å². The van der Waals surface area contributed by atoms with E-state index in [9.17, 15) is 8.60 Å². The topological polar surface area (TPSA) is 52.1 Å². The average Bonchev–Trinajstić information content (AvgIpc) is 2.40. The predicted molar refractivity (Wildman–Crippen MR) is 70.9 cm³/mol. The molecule has 1 aromatic carbocycles. The van der Waals surface area contributed by atoms with E-state index in [0.29, 0.717) is 22.6 Å². The van der Waals surface area contributed by atoms with Gasteiger partial charge >= 0.3 is 6.01 Å². The van der Waals surface area contributed by atoms with Crippen molar-refractivity contribution in [3.63, 3.8) is 0 Å². The molecule has 1 atom stereocenters. The normalized spacial score (nSPS) is 12.2. The zero-order valence-electron chi connectivity index (χ0n) is 10.6. The Labute approximate surface area is 113 Å². The molecule has 0 amide bonds. The second-order valence-corrected chi connectivity index (χ2v) is 5.16. The van der Waals surface area contributed by atoms with Gasteiger partial charge in [0.05, 0.1) is 6.61 Å². The van der Waals surface area contributed by atoms with Crippen LogP contribution in [0.3, 0.4) is 0 Å². The highest BCUT2D eigenvalue weighted by Crippen LogP contribution is 2.24. The second kappa shape index (κ2) is 5.88. The monoisotopic (exact) mass is 280 g/mol. The van der Waals surface area contributed by atoms with Crippen LogP contribution in [0.2, 0.25) is 0 Å². The highest BCUT2D eigenvalue weighted by Gasteiger charge is 2.09. The number of nitrogens with zero attached hydrogens (tertiary/aromatic N) is 2. The Balaban J connectivity index is 2.33. The fourth-order valence-corrected chi connectivity index (χ4v) is 2.10. The van der Waals surface area contributed by atoms with Crippen LogP contribution >= 0.6 is 0 Å². The molecule has 100 valence electrons. The van der Waals surface area contributed by atoms with Crippen LogP contribution in [0.25, 0.3) is 11.1 Å². The van der Waals surface area contributed by atoms with Gasteiger partial charge in [0.1, 0.15) is 5.82 Å². The van der Waals surface area contributed by atoms with Crippen LogP contribution in [0.15, 0.2) is 35.5 Å². The summed E-state index contributed by atoms with van der Waals surface area (Å²) in [6, 6.07) is 4.73. The van der Waals surface area contributed by atoms with Crippen molar-refractivity contribution in [2.45, 2.75) is 11.8 Å². The minimum atomic E-state index is -1.20. The maximum Gasteiger partial charge on any atom is 0.316 e. The van der Waals surface area contributed by atoms with Crippen molar-refractivity contribution in [2.24, 2.45) is 0 Å². The molecule has 6 heteroatoms. The molecular formula is C13H13FN2O2S. The van der Waals surface area contributed by atoms with Gasteiger partial charge in [0.2, 0.25) is 0 Å². The molecule has 0 saturated heterocycles. The van der Waals surface area contributed by atoms with Crippen molar-refractivity contribution in [2.75, 3.05) is 12.9 Å². The van der Waals surface area contributed by atoms with Crippen LogP contribution in [0.1, 0.15) is 6.92 Å². The minimum absolute atomic E-state index is 0.262. The maximum atomic E-state index is 13.9. The quantitative estimate of drug-likeness (QED) is 0.863. The van der Waals surface area contributed by atoms with E-state index in [1.807, 2.05) is 6.92 Å². The molecule has 0 aliphatic carbocycles. The van der Waals surface area contributed by atoms with E-state index in [1.54, 1.807) is 12.1 Å². The summed E-state index contributed by atoms with van der Waals surface area (Å²) in [5, 5.41) is 0. The number of hydrogen-bond donors (Lipinski definition) is 0. The number of rotatable bonds is 4. The van der Waals surface area contributed by atoms with Gasteiger partial charge in [-0.2, -0.15) is 0 Å². The molecule has 1 aromatic heterocycles. The third-order valence-electron chi connectivity index (χ3n) is 2.49. The highest BCUT2D eigenvalue weighted by atomic mass is 32.2. The van der Waals surface area contributed by atoms with Gasteiger partial charge in [0, 0.05) is 45.5 Å². The highest BCUT2D eigenvalue weighted by molar-refractivity contribution is 7.84. The molecule has 0 N–H and O–H groups in total. The lowest BCUT2D eigenvalue weighted by Crippen LogP contribution is -1.97. The fraction of sp³-hybridized carbons (Fsp3) is 0.231. The van der Waals surface area contributed by atoms with Gasteiger partial charge in [-0.05, 0) is 19.1 Å². The van der Waals surface area contributed by atoms with Gasteiger partial charge in [-0.1, -0.05) is 6.07 Å². The van der Waals surface area contributed by atoms with E-state index < -0.39 is 16.6 Å². The van der Waals surface area contributed by atoms with Crippen LogP contribution < -0.4 is 4.74 Å². The molecule has 0 aliphatic heterocycles. The molecule has 1 unspecified atom stereocenters. The number of benzene rings is 1. The molecule has 0 spiro atoms. The summed E-state index contributed by atoms with van der Waals surface area (Å²) in [4.78, 5) is 8.42. The lowest BCUT2D eigenvalue weighted by atomic mass is 10.1. The third-order valence-corrected chi connectivity index (χ3v) is 3.40. The molecule has 4 nitrogen and oxygen atoms in total. The van der Waals surface area contributed by atoms with Gasteiger partial charge in [-0.15, -0.1) is 0 Å². The molecule has 0 saturated carbocycles. The molecule has 2 rings (SSSR count). The fourth-order valence-electron chi connectivity index (χ4n) is 1.57. The summed E-state index contributed by atoms with van der Waals surface area (Å²) in [5.41, 5.74) is 0.923. The Bertz CT molecular complexity index is 602. The lowest BCUT2D eigenvalue weighted by Gasteiger charge is -2.05. The van der Waals surface area contributed by atoms with Crippen LogP contribution in [0.5, 0.6) is 6.01 Å². The van der Waals surface area contributed by atoms with Crippen molar-refractivity contribution in [1.29, 1.82) is 0 Å². The van der Waals surface area contributed by atoms with Crippen LogP contribution in [0, 0.1) is 5.82 Å². The first-order valence-corrected chi connectivity index (χ1v) is 7.26. The first-order chi connectivity index (χ1) is 9.11. The van der Waals surface area contributed by atoms with Crippen molar-refractivity contribution in [1.82, 2.24) is 9.97 Å². The van der Waals surface area contributed by atoms with Crippen LogP contribution in [-0.2, 0) is 10.8 Å². The van der Waals surface area contributed by atoms with E-state index in [-0.39, 0.29) is 6.01 Å². The van der Waals surface area contributed by atoms with E-state index in [1.165, 1.54) is 24.7 Å². The first-order valence-electron chi connectivity index (χ1n) is 5.70.